The van der Waals surface area contributed by atoms with Crippen molar-refractivity contribution in [3.63, 3.8) is 0 Å². The second kappa shape index (κ2) is 5.32. The summed E-state index contributed by atoms with van der Waals surface area (Å²) < 4.78 is 0. The Balaban J connectivity index is 2.01. The van der Waals surface area contributed by atoms with Gasteiger partial charge >= 0.3 is 0 Å². The minimum atomic E-state index is -0.112. The third-order valence-electron chi connectivity index (χ3n) is 3.30. The minimum absolute atomic E-state index is 0.0717. The number of amides is 1. The van der Waals surface area contributed by atoms with Gasteiger partial charge in [-0.25, -0.2) is 0 Å². The van der Waals surface area contributed by atoms with Crippen molar-refractivity contribution in [1.82, 2.24) is 0 Å². The summed E-state index contributed by atoms with van der Waals surface area (Å²) in [5.41, 5.74) is 3.18. The molecule has 4 nitrogen and oxygen atoms in total. The van der Waals surface area contributed by atoms with Gasteiger partial charge in [0, 0.05) is 16.8 Å². The molecule has 1 aliphatic heterocycles. The number of hydrogen-bond donors (Lipinski definition) is 1. The number of aliphatic imine (C=N–C) groups is 1. The molecule has 0 aromatic heterocycles. The van der Waals surface area contributed by atoms with Gasteiger partial charge in [-0.15, -0.1) is 0 Å². The lowest BCUT2D eigenvalue weighted by Gasteiger charge is -2.07. The number of benzene rings is 2. The molecular formula is C17H14N2O2. The molecule has 0 aliphatic carbocycles. The molecule has 3 rings (SSSR count). The number of nitrogens with one attached hydrogen (secondary N) is 1. The Kier molecular flexibility index (Phi) is 3.36. The standard InChI is InChI=1S/C17H14N2O2/c1-11-9-16(20)19-15-10-13(7-8-14(15)18-11)17(21)12-5-3-2-4-6-12/h2-8,10H,9H2,1H3,(H,19,20). The molecule has 0 unspecified atom stereocenters. The van der Waals surface area contributed by atoms with E-state index >= 15 is 0 Å². The minimum Gasteiger partial charge on any atom is -0.324 e. The van der Waals surface area contributed by atoms with E-state index in [-0.39, 0.29) is 18.1 Å². The number of rotatable bonds is 2. The van der Waals surface area contributed by atoms with Crippen LogP contribution in [0.15, 0.2) is 53.5 Å². The van der Waals surface area contributed by atoms with Crippen LogP contribution >= 0.6 is 0 Å². The Morgan fingerprint density at radius 2 is 1.86 bits per heavy atom. The van der Waals surface area contributed by atoms with Crippen LogP contribution in [0.2, 0.25) is 0 Å². The van der Waals surface area contributed by atoms with Gasteiger partial charge in [0.1, 0.15) is 0 Å². The molecule has 1 heterocycles. The van der Waals surface area contributed by atoms with Gasteiger partial charge in [-0.1, -0.05) is 30.3 Å². The zero-order valence-electron chi connectivity index (χ0n) is 11.6. The van der Waals surface area contributed by atoms with Gasteiger partial charge in [0.15, 0.2) is 5.78 Å². The number of fused-ring (bicyclic) bond motifs is 1. The topological polar surface area (TPSA) is 58.5 Å². The average Bonchev–Trinajstić information content (AvgIpc) is 2.63. The molecule has 1 amide bonds. The Morgan fingerprint density at radius 1 is 1.10 bits per heavy atom. The summed E-state index contributed by atoms with van der Waals surface area (Å²) in [6.07, 6.45) is 0.274. The van der Waals surface area contributed by atoms with Crippen molar-refractivity contribution < 1.29 is 9.59 Å². The zero-order chi connectivity index (χ0) is 14.8. The highest BCUT2D eigenvalue weighted by atomic mass is 16.1. The Bertz CT molecular complexity index is 749. The molecule has 2 aromatic rings. The van der Waals surface area contributed by atoms with Gasteiger partial charge in [-0.05, 0) is 25.1 Å². The van der Waals surface area contributed by atoms with E-state index in [0.29, 0.717) is 22.5 Å². The summed E-state index contributed by atoms with van der Waals surface area (Å²) in [6.45, 7) is 1.82. The maximum atomic E-state index is 12.4. The third kappa shape index (κ3) is 2.74. The molecule has 0 radical (unpaired) electrons. The molecule has 2 aromatic carbocycles. The van der Waals surface area contributed by atoms with Crippen LogP contribution in [0.25, 0.3) is 0 Å². The van der Waals surface area contributed by atoms with Crippen LogP contribution in [-0.2, 0) is 4.79 Å². The average molecular weight is 278 g/mol. The van der Waals surface area contributed by atoms with E-state index < -0.39 is 0 Å². The monoisotopic (exact) mass is 278 g/mol. The lowest BCUT2D eigenvalue weighted by Crippen LogP contribution is -2.13. The number of carbonyl (C=O) groups is 2. The highest BCUT2D eigenvalue weighted by Gasteiger charge is 2.16. The van der Waals surface area contributed by atoms with E-state index in [1.54, 1.807) is 30.3 Å². The van der Waals surface area contributed by atoms with Gasteiger partial charge in [0.2, 0.25) is 5.91 Å². The number of hydrogen-bond acceptors (Lipinski definition) is 3. The highest BCUT2D eigenvalue weighted by Crippen LogP contribution is 2.29. The normalized spacial score (nSPS) is 13.8. The summed E-state index contributed by atoms with van der Waals surface area (Å²) in [7, 11) is 0. The van der Waals surface area contributed by atoms with Crippen molar-refractivity contribution in [2.24, 2.45) is 4.99 Å². The fourth-order valence-corrected chi connectivity index (χ4v) is 2.30. The predicted octanol–water partition coefficient (Wildman–Crippen LogP) is 3.35. The smallest absolute Gasteiger partial charge is 0.230 e. The lowest BCUT2D eigenvalue weighted by molar-refractivity contribution is -0.115. The number of carbonyl (C=O) groups excluding carboxylic acids is 2. The van der Waals surface area contributed by atoms with Crippen LogP contribution in [0.4, 0.5) is 11.4 Å². The first-order chi connectivity index (χ1) is 10.1. The van der Waals surface area contributed by atoms with Gasteiger partial charge < -0.3 is 5.32 Å². The van der Waals surface area contributed by atoms with E-state index in [9.17, 15) is 9.59 Å². The summed E-state index contributed by atoms with van der Waals surface area (Å²) in [4.78, 5) is 28.5. The maximum Gasteiger partial charge on any atom is 0.230 e. The number of nitrogens with zero attached hydrogens (tertiary/aromatic N) is 1. The van der Waals surface area contributed by atoms with E-state index in [1.165, 1.54) is 0 Å². The summed E-state index contributed by atoms with van der Waals surface area (Å²) in [5, 5.41) is 2.79. The SMILES string of the molecule is CC1=Nc2ccc(C(=O)c3ccccc3)cc2NC(=O)C1. The van der Waals surface area contributed by atoms with E-state index in [1.807, 2.05) is 25.1 Å². The Labute approximate surface area is 122 Å². The molecule has 0 saturated heterocycles. The fraction of sp³-hybridized carbons (Fsp3) is 0.118. The largest absolute Gasteiger partial charge is 0.324 e. The second-order valence-corrected chi connectivity index (χ2v) is 5.00. The van der Waals surface area contributed by atoms with E-state index in [0.717, 1.165) is 5.71 Å². The van der Waals surface area contributed by atoms with E-state index in [4.69, 9.17) is 0 Å². The first-order valence-corrected chi connectivity index (χ1v) is 6.71. The van der Waals surface area contributed by atoms with Gasteiger partial charge in [-0.3, -0.25) is 14.6 Å². The molecule has 0 bridgehead atoms. The molecule has 21 heavy (non-hydrogen) atoms. The van der Waals surface area contributed by atoms with Gasteiger partial charge in [0.05, 0.1) is 17.8 Å². The second-order valence-electron chi connectivity index (χ2n) is 5.00. The summed E-state index contributed by atoms with van der Waals surface area (Å²) >= 11 is 0. The quantitative estimate of drug-likeness (QED) is 0.856. The molecule has 104 valence electrons. The predicted molar refractivity (Wildman–Crippen MR) is 82.3 cm³/mol. The van der Waals surface area contributed by atoms with Gasteiger partial charge in [0.25, 0.3) is 0 Å². The van der Waals surface area contributed by atoms with Crippen LogP contribution in [0.5, 0.6) is 0 Å². The highest BCUT2D eigenvalue weighted by molar-refractivity contribution is 6.13. The first-order valence-electron chi connectivity index (χ1n) is 6.71. The molecule has 0 atom stereocenters. The van der Waals surface area contributed by atoms with Crippen molar-refractivity contribution in [3.8, 4) is 0 Å². The Hall–Kier alpha value is -2.75. The van der Waals surface area contributed by atoms with Crippen molar-refractivity contribution in [3.05, 3.63) is 59.7 Å². The molecular weight excluding hydrogens is 264 g/mol. The molecule has 0 saturated carbocycles. The molecule has 1 aliphatic rings. The summed E-state index contributed by atoms with van der Waals surface area (Å²) in [6, 6.07) is 14.3. The number of anilines is 1. The van der Waals surface area contributed by atoms with Crippen molar-refractivity contribution >= 4 is 28.8 Å². The first kappa shape index (κ1) is 13.2. The van der Waals surface area contributed by atoms with Crippen molar-refractivity contribution in [2.45, 2.75) is 13.3 Å². The van der Waals surface area contributed by atoms with Crippen molar-refractivity contribution in [2.75, 3.05) is 5.32 Å². The van der Waals surface area contributed by atoms with Crippen LogP contribution in [-0.4, -0.2) is 17.4 Å². The van der Waals surface area contributed by atoms with Crippen LogP contribution in [0, 0.1) is 0 Å². The molecule has 4 heteroatoms. The van der Waals surface area contributed by atoms with Gasteiger partial charge in [-0.2, -0.15) is 0 Å². The lowest BCUT2D eigenvalue weighted by atomic mass is 10.0. The maximum absolute atomic E-state index is 12.4. The van der Waals surface area contributed by atoms with Crippen LogP contribution in [0.3, 0.4) is 0 Å². The fourth-order valence-electron chi connectivity index (χ4n) is 2.30. The molecule has 0 spiro atoms. The summed E-state index contributed by atoms with van der Waals surface area (Å²) in [5.74, 6) is -0.183. The van der Waals surface area contributed by atoms with Crippen molar-refractivity contribution in [1.29, 1.82) is 0 Å². The van der Waals surface area contributed by atoms with Crippen LogP contribution < -0.4 is 5.32 Å². The van der Waals surface area contributed by atoms with Crippen LogP contribution in [0.1, 0.15) is 29.3 Å². The third-order valence-corrected chi connectivity index (χ3v) is 3.30. The molecule has 0 fully saturated rings. The molecule has 1 N–H and O–H groups in total. The van der Waals surface area contributed by atoms with E-state index in [2.05, 4.69) is 10.3 Å². The zero-order valence-corrected chi connectivity index (χ0v) is 11.6. The number of ketones is 1. The Morgan fingerprint density at radius 3 is 2.62 bits per heavy atom.